The summed E-state index contributed by atoms with van der Waals surface area (Å²) < 4.78 is 18.3. The molecule has 0 saturated carbocycles. The van der Waals surface area contributed by atoms with E-state index < -0.39 is 24.3 Å². The minimum atomic E-state index is -1.04. The number of ether oxygens (including phenoxy) is 1. The van der Waals surface area contributed by atoms with Crippen LogP contribution in [0.5, 0.6) is 0 Å². The van der Waals surface area contributed by atoms with E-state index in [0.29, 0.717) is 10.6 Å². The summed E-state index contributed by atoms with van der Waals surface area (Å²) in [7, 11) is 0. The molecule has 24 heavy (non-hydrogen) atoms. The van der Waals surface area contributed by atoms with Gasteiger partial charge in [-0.2, -0.15) is 5.26 Å². The molecule has 124 valence electrons. The molecule has 0 fully saturated rings. The molecule has 0 saturated heterocycles. The van der Waals surface area contributed by atoms with Gasteiger partial charge in [0.1, 0.15) is 10.8 Å². The lowest BCUT2D eigenvalue weighted by atomic mass is 10.1. The lowest BCUT2D eigenvalue weighted by Crippen LogP contribution is -2.20. The molecular weight excluding hydrogens is 331 g/mol. The van der Waals surface area contributed by atoms with Gasteiger partial charge in [0, 0.05) is 17.5 Å². The minimum Gasteiger partial charge on any atom is -0.458 e. The van der Waals surface area contributed by atoms with E-state index in [9.17, 15) is 14.0 Å². The van der Waals surface area contributed by atoms with Crippen LogP contribution in [0.3, 0.4) is 0 Å². The normalized spacial score (nSPS) is 11.5. The Morgan fingerprint density at radius 2 is 2.17 bits per heavy atom. The number of esters is 1. The second kappa shape index (κ2) is 8.31. The van der Waals surface area contributed by atoms with Crippen LogP contribution in [0.4, 0.5) is 4.39 Å². The number of thiazole rings is 1. The summed E-state index contributed by atoms with van der Waals surface area (Å²) in [4.78, 5) is 27.8. The number of nitriles is 1. The third-order valence-corrected chi connectivity index (χ3v) is 4.29. The number of ketones is 1. The Morgan fingerprint density at radius 1 is 1.42 bits per heavy atom. The molecule has 0 aliphatic heterocycles. The van der Waals surface area contributed by atoms with Gasteiger partial charge in [0.15, 0.2) is 18.3 Å². The van der Waals surface area contributed by atoms with Gasteiger partial charge >= 0.3 is 5.97 Å². The van der Waals surface area contributed by atoms with E-state index in [-0.39, 0.29) is 18.7 Å². The van der Waals surface area contributed by atoms with E-state index in [2.05, 4.69) is 4.98 Å². The van der Waals surface area contributed by atoms with E-state index in [1.807, 2.05) is 6.07 Å². The van der Waals surface area contributed by atoms with Crippen molar-refractivity contribution in [1.29, 1.82) is 5.26 Å². The zero-order valence-electron chi connectivity index (χ0n) is 13.0. The van der Waals surface area contributed by atoms with Crippen molar-refractivity contribution < 1.29 is 18.7 Å². The topological polar surface area (TPSA) is 80.0 Å². The Kier molecular flexibility index (Phi) is 6.15. The van der Waals surface area contributed by atoms with Gasteiger partial charge in [-0.05, 0) is 25.0 Å². The van der Waals surface area contributed by atoms with Crippen LogP contribution in [0.15, 0.2) is 29.6 Å². The molecule has 1 heterocycles. The van der Waals surface area contributed by atoms with Crippen molar-refractivity contribution in [3.63, 3.8) is 0 Å². The number of carbonyl (C=O) groups is 2. The maximum absolute atomic E-state index is 13.4. The number of rotatable bonds is 7. The van der Waals surface area contributed by atoms with E-state index >= 15 is 0 Å². The average molecular weight is 346 g/mol. The highest BCUT2D eigenvalue weighted by Crippen LogP contribution is 2.20. The van der Waals surface area contributed by atoms with Crippen molar-refractivity contribution in [2.75, 3.05) is 6.61 Å². The summed E-state index contributed by atoms with van der Waals surface area (Å²) >= 11 is 1.22. The number of hydrogen-bond acceptors (Lipinski definition) is 6. The molecule has 7 heteroatoms. The van der Waals surface area contributed by atoms with Gasteiger partial charge in [-0.3, -0.25) is 9.59 Å². The maximum atomic E-state index is 13.4. The first-order valence-electron chi connectivity index (χ1n) is 7.24. The molecule has 2 rings (SSSR count). The molecule has 1 atom stereocenters. The number of aromatic nitrogens is 1. The van der Waals surface area contributed by atoms with Crippen LogP contribution >= 0.6 is 11.3 Å². The minimum absolute atomic E-state index is 0.0399. The molecule has 1 aromatic heterocycles. The quantitative estimate of drug-likeness (QED) is 0.720. The van der Waals surface area contributed by atoms with Gasteiger partial charge in [-0.25, -0.2) is 9.37 Å². The summed E-state index contributed by atoms with van der Waals surface area (Å²) in [6, 6.07) is 8.03. The fourth-order valence-corrected chi connectivity index (χ4v) is 2.88. The highest BCUT2D eigenvalue weighted by molar-refractivity contribution is 7.09. The number of Topliss-reactive ketones (excluding diaryl/α,β-unsaturated/α-hetero) is 1. The lowest BCUT2D eigenvalue weighted by molar-refractivity contribution is -0.148. The zero-order chi connectivity index (χ0) is 17.5. The van der Waals surface area contributed by atoms with Gasteiger partial charge in [-0.1, -0.05) is 18.2 Å². The first kappa shape index (κ1) is 17.8. The molecule has 0 aliphatic carbocycles. The molecule has 0 radical (unpaired) electrons. The molecule has 0 N–H and O–H groups in total. The highest BCUT2D eigenvalue weighted by atomic mass is 32.1. The number of nitrogens with zero attached hydrogens (tertiary/aromatic N) is 2. The van der Waals surface area contributed by atoms with Gasteiger partial charge < -0.3 is 4.74 Å². The Labute approximate surface area is 142 Å². The molecule has 0 spiro atoms. The van der Waals surface area contributed by atoms with Gasteiger partial charge in [0.05, 0.1) is 6.07 Å². The molecule has 0 unspecified atom stereocenters. The van der Waals surface area contributed by atoms with Gasteiger partial charge in [0.25, 0.3) is 0 Å². The van der Waals surface area contributed by atoms with Gasteiger partial charge in [0.2, 0.25) is 0 Å². The smallest absolute Gasteiger partial charge is 0.306 e. The second-order valence-electron chi connectivity index (χ2n) is 5.11. The molecule has 1 aromatic carbocycles. The standard InChI is InChI=1S/C17H15FN2O3S/c1-11-10-24-17(20-11)13(8-19)15(21)9-23-16(22)7-6-12-4-2-3-5-14(12)18/h2-5,10,13H,6-7,9H2,1H3/t13-/m1/s1. The number of aryl methyl sites for hydroxylation is 2. The van der Waals surface area contributed by atoms with Crippen LogP contribution in [0.2, 0.25) is 0 Å². The zero-order valence-corrected chi connectivity index (χ0v) is 13.8. The first-order valence-corrected chi connectivity index (χ1v) is 8.12. The van der Waals surface area contributed by atoms with Crippen LogP contribution in [-0.4, -0.2) is 23.3 Å². The maximum Gasteiger partial charge on any atom is 0.306 e. The number of halogens is 1. The average Bonchev–Trinajstić information content (AvgIpc) is 2.99. The molecule has 0 amide bonds. The third kappa shape index (κ3) is 4.70. The summed E-state index contributed by atoms with van der Waals surface area (Å²) in [5, 5.41) is 11.3. The predicted molar refractivity (Wildman–Crippen MR) is 85.9 cm³/mol. The monoisotopic (exact) mass is 346 g/mol. The third-order valence-electron chi connectivity index (χ3n) is 3.27. The van der Waals surface area contributed by atoms with E-state index in [1.165, 1.54) is 17.4 Å². The van der Waals surface area contributed by atoms with Crippen LogP contribution in [0, 0.1) is 24.1 Å². The molecule has 0 aliphatic rings. The second-order valence-corrected chi connectivity index (χ2v) is 6.00. The van der Waals surface area contributed by atoms with Crippen molar-refractivity contribution in [1.82, 2.24) is 4.98 Å². The molecular formula is C17H15FN2O3S. The highest BCUT2D eigenvalue weighted by Gasteiger charge is 2.24. The Hall–Kier alpha value is -2.59. The number of hydrogen-bond donors (Lipinski definition) is 0. The summed E-state index contributed by atoms with van der Waals surface area (Å²) in [6.07, 6.45) is 0.148. The molecule has 2 aromatic rings. The van der Waals surface area contributed by atoms with Crippen LogP contribution in [-0.2, 0) is 20.7 Å². The van der Waals surface area contributed by atoms with Crippen LogP contribution in [0.1, 0.15) is 28.6 Å². The first-order chi connectivity index (χ1) is 11.5. The molecule has 0 bridgehead atoms. The summed E-state index contributed by atoms with van der Waals surface area (Å²) in [6.45, 7) is 1.27. The van der Waals surface area contributed by atoms with Crippen molar-refractivity contribution in [2.24, 2.45) is 0 Å². The van der Waals surface area contributed by atoms with Crippen molar-refractivity contribution in [3.8, 4) is 6.07 Å². The fraction of sp³-hybridized carbons (Fsp3) is 0.294. The van der Waals surface area contributed by atoms with Crippen molar-refractivity contribution in [2.45, 2.75) is 25.7 Å². The largest absolute Gasteiger partial charge is 0.458 e. The van der Waals surface area contributed by atoms with E-state index in [1.54, 1.807) is 30.5 Å². The predicted octanol–water partition coefficient (Wildman–Crippen LogP) is 2.94. The molecule has 5 nitrogen and oxygen atoms in total. The van der Waals surface area contributed by atoms with Crippen molar-refractivity contribution in [3.05, 3.63) is 51.7 Å². The SMILES string of the molecule is Cc1csc([C@H](C#N)C(=O)COC(=O)CCc2ccccc2F)n1. The fourth-order valence-electron chi connectivity index (χ4n) is 2.01. The Morgan fingerprint density at radius 3 is 2.79 bits per heavy atom. The number of carbonyl (C=O) groups excluding carboxylic acids is 2. The van der Waals surface area contributed by atoms with Crippen LogP contribution in [0.25, 0.3) is 0 Å². The Bertz CT molecular complexity index is 782. The summed E-state index contributed by atoms with van der Waals surface area (Å²) in [5.41, 5.74) is 1.14. The van der Waals surface area contributed by atoms with Gasteiger partial charge in [-0.15, -0.1) is 11.3 Å². The van der Waals surface area contributed by atoms with Crippen LogP contribution < -0.4 is 0 Å². The number of benzene rings is 1. The van der Waals surface area contributed by atoms with Crippen molar-refractivity contribution >= 4 is 23.1 Å². The van der Waals surface area contributed by atoms with E-state index in [0.717, 1.165) is 5.69 Å². The van der Waals surface area contributed by atoms with E-state index in [4.69, 9.17) is 10.00 Å². The summed E-state index contributed by atoms with van der Waals surface area (Å²) in [5.74, 6) is -2.56. The Balaban J connectivity index is 1.83. The lowest BCUT2D eigenvalue weighted by Gasteiger charge is -2.07.